The van der Waals surface area contributed by atoms with E-state index < -0.39 is 6.10 Å². The van der Waals surface area contributed by atoms with Crippen molar-refractivity contribution in [2.24, 2.45) is 5.41 Å². The van der Waals surface area contributed by atoms with Gasteiger partial charge in [-0.25, -0.2) is 4.79 Å². The van der Waals surface area contributed by atoms with Crippen molar-refractivity contribution >= 4 is 24.2 Å². The fourth-order valence-electron chi connectivity index (χ4n) is 4.39. The first-order valence-corrected chi connectivity index (χ1v) is 13.8. The molecule has 1 aliphatic carbocycles. The summed E-state index contributed by atoms with van der Waals surface area (Å²) in [7, 11) is 0. The van der Waals surface area contributed by atoms with Crippen LogP contribution in [0, 0.1) is 5.41 Å². The van der Waals surface area contributed by atoms with Gasteiger partial charge in [0.2, 0.25) is 0 Å². The molecule has 3 rings (SSSR count). The molecule has 0 amide bonds. The van der Waals surface area contributed by atoms with Crippen molar-refractivity contribution in [2.75, 3.05) is 26.1 Å². The van der Waals surface area contributed by atoms with Crippen molar-refractivity contribution in [2.45, 2.75) is 99.0 Å². The van der Waals surface area contributed by atoms with Gasteiger partial charge in [-0.2, -0.15) is 12.6 Å². The summed E-state index contributed by atoms with van der Waals surface area (Å²) >= 11 is 3.53. The van der Waals surface area contributed by atoms with E-state index in [1.807, 2.05) is 13.0 Å². The Bertz CT molecular complexity index is 819. The zero-order valence-corrected chi connectivity index (χ0v) is 23.6. The van der Waals surface area contributed by atoms with E-state index in [1.165, 1.54) is 12.8 Å². The molecule has 0 radical (unpaired) electrons. The summed E-state index contributed by atoms with van der Waals surface area (Å²) in [6.45, 7) is 16.1. The number of esters is 1. The maximum atomic E-state index is 13.0. The highest BCUT2D eigenvalue weighted by Crippen LogP contribution is 2.47. The van der Waals surface area contributed by atoms with Crippen molar-refractivity contribution in [3.05, 3.63) is 34.2 Å². The van der Waals surface area contributed by atoms with E-state index in [2.05, 4.69) is 54.2 Å². The predicted molar refractivity (Wildman–Crippen MR) is 145 cm³/mol. The van der Waals surface area contributed by atoms with Gasteiger partial charge >= 0.3 is 5.97 Å². The number of nitrogens with zero attached hydrogens (tertiary/aromatic N) is 1. The van der Waals surface area contributed by atoms with Gasteiger partial charge in [0.05, 0.1) is 37.2 Å². The highest BCUT2D eigenvalue weighted by atomic mass is 32.1. The third kappa shape index (κ3) is 7.56. The molecule has 2 aliphatic rings. The van der Waals surface area contributed by atoms with E-state index in [1.54, 1.807) is 6.26 Å². The molecule has 0 spiro atoms. The lowest BCUT2D eigenvalue weighted by molar-refractivity contribution is 0.0521. The molecule has 2 heterocycles. The Labute approximate surface area is 213 Å². The second-order valence-corrected chi connectivity index (χ2v) is 9.60. The van der Waals surface area contributed by atoms with Gasteiger partial charge in [-0.05, 0) is 49.3 Å². The molecule has 34 heavy (non-hydrogen) atoms. The van der Waals surface area contributed by atoms with E-state index in [-0.39, 0.29) is 17.3 Å². The lowest BCUT2D eigenvalue weighted by Crippen LogP contribution is -2.32. The largest absolute Gasteiger partial charge is 0.462 e. The summed E-state index contributed by atoms with van der Waals surface area (Å²) in [6.07, 6.45) is 8.93. The molecule has 194 valence electrons. The van der Waals surface area contributed by atoms with Crippen LogP contribution in [0.25, 0.3) is 5.57 Å². The van der Waals surface area contributed by atoms with E-state index in [0.29, 0.717) is 31.8 Å². The van der Waals surface area contributed by atoms with Gasteiger partial charge < -0.3 is 14.6 Å². The highest BCUT2D eigenvalue weighted by Gasteiger charge is 2.39. The Morgan fingerprint density at radius 2 is 1.91 bits per heavy atom. The molecule has 0 saturated carbocycles. The minimum atomic E-state index is -0.630. The number of hydrogen-bond donors (Lipinski definition) is 2. The number of fused-ring (bicyclic) bond motifs is 1. The van der Waals surface area contributed by atoms with Crippen LogP contribution in [0.3, 0.4) is 0 Å². The molecular weight excluding hydrogens is 446 g/mol. The van der Waals surface area contributed by atoms with Gasteiger partial charge in [0.15, 0.2) is 0 Å². The molecule has 6 heteroatoms. The van der Waals surface area contributed by atoms with Crippen molar-refractivity contribution in [3.8, 4) is 0 Å². The summed E-state index contributed by atoms with van der Waals surface area (Å²) in [5.41, 5.74) is 4.99. The summed E-state index contributed by atoms with van der Waals surface area (Å²) in [5, 5.41) is 11.2. The van der Waals surface area contributed by atoms with Crippen molar-refractivity contribution in [1.82, 2.24) is 4.98 Å². The van der Waals surface area contributed by atoms with Crippen molar-refractivity contribution < 1.29 is 19.4 Å². The average molecular weight is 494 g/mol. The average Bonchev–Trinajstić information content (AvgIpc) is 2.84. The van der Waals surface area contributed by atoms with Crippen LogP contribution in [-0.4, -0.2) is 42.1 Å². The second kappa shape index (κ2) is 14.9. The van der Waals surface area contributed by atoms with E-state index >= 15 is 0 Å². The first-order chi connectivity index (χ1) is 16.2. The van der Waals surface area contributed by atoms with Crippen LogP contribution in [0.5, 0.6) is 0 Å². The number of aliphatic hydroxyl groups is 1. The number of aliphatic hydroxyl groups excluding tert-OH is 1. The lowest BCUT2D eigenvalue weighted by Gasteiger charge is -2.39. The maximum absolute atomic E-state index is 13.0. The molecule has 0 fully saturated rings. The topological polar surface area (TPSA) is 68.7 Å². The van der Waals surface area contributed by atoms with Gasteiger partial charge in [-0.15, -0.1) is 0 Å². The Kier molecular flexibility index (Phi) is 13.4. The van der Waals surface area contributed by atoms with Crippen LogP contribution in [0.4, 0.5) is 0 Å². The normalized spacial score (nSPS) is 21.4. The van der Waals surface area contributed by atoms with E-state index in [4.69, 9.17) is 14.5 Å². The number of hydrogen-bond acceptors (Lipinski definition) is 6. The van der Waals surface area contributed by atoms with Gasteiger partial charge in [0.1, 0.15) is 0 Å². The van der Waals surface area contributed by atoms with Crippen LogP contribution in [0.2, 0.25) is 0 Å². The fourth-order valence-corrected chi connectivity index (χ4v) is 4.39. The molecule has 2 atom stereocenters. The number of aromatic nitrogens is 1. The number of rotatable bonds is 6. The van der Waals surface area contributed by atoms with Crippen molar-refractivity contribution in [3.63, 3.8) is 0 Å². The molecule has 0 aromatic carbocycles. The van der Waals surface area contributed by atoms with Crippen LogP contribution < -0.4 is 0 Å². The van der Waals surface area contributed by atoms with E-state index in [9.17, 15) is 9.90 Å². The summed E-state index contributed by atoms with van der Waals surface area (Å²) < 4.78 is 10.9. The number of ether oxygens (including phenoxy) is 2. The fraction of sp³-hybridized carbons (Fsp3) is 0.714. The molecule has 5 nitrogen and oxygen atoms in total. The molecule has 1 aromatic rings. The zero-order chi connectivity index (χ0) is 25.9. The van der Waals surface area contributed by atoms with Crippen LogP contribution in [0.1, 0.15) is 125 Å². The predicted octanol–water partition coefficient (Wildman–Crippen LogP) is 6.93. The summed E-state index contributed by atoms with van der Waals surface area (Å²) in [4.78, 5) is 18.0. The third-order valence-corrected chi connectivity index (χ3v) is 6.62. The number of thiol groups is 1. The molecule has 0 saturated heterocycles. The number of carbonyl (C=O) groups is 1. The molecule has 2 unspecified atom stereocenters. The van der Waals surface area contributed by atoms with Crippen LogP contribution in [-0.2, 0) is 15.9 Å². The summed E-state index contributed by atoms with van der Waals surface area (Å²) in [6, 6.07) is 0. The zero-order valence-electron chi connectivity index (χ0n) is 22.7. The van der Waals surface area contributed by atoms with Gasteiger partial charge in [0, 0.05) is 16.8 Å². The second-order valence-electron chi connectivity index (χ2n) is 9.60. The highest BCUT2D eigenvalue weighted by molar-refractivity contribution is 7.79. The van der Waals surface area contributed by atoms with Crippen molar-refractivity contribution in [1.29, 1.82) is 0 Å². The Hall–Kier alpha value is -1.37. The Balaban J connectivity index is 0.000000872. The molecule has 0 bridgehead atoms. The van der Waals surface area contributed by atoms with Gasteiger partial charge in [0.25, 0.3) is 0 Å². The lowest BCUT2D eigenvalue weighted by atomic mass is 9.69. The first kappa shape index (κ1) is 30.7. The van der Waals surface area contributed by atoms with Gasteiger partial charge in [-0.1, -0.05) is 66.9 Å². The number of unbranched alkanes of at least 4 members (excludes halogenated alkanes) is 1. The number of pyridine rings is 1. The van der Waals surface area contributed by atoms with E-state index in [0.717, 1.165) is 47.4 Å². The summed E-state index contributed by atoms with van der Waals surface area (Å²) in [5.74, 6) is -0.268. The minimum Gasteiger partial charge on any atom is -0.462 e. The first-order valence-electron chi connectivity index (χ1n) is 12.9. The standard InChI is InChI=1S/C23H33NO4.C4H10.CH4S/c1-6-23(5)12-16-19(17(25)13-23)18(15-8-10-27-11-9-15)20(22(26)28-7-2)21(24-16)14(3)4;1-3-4-2;1-2/h8,14,17,25H,6-7,9-13H2,1-5H3;3-4H2,1-2H3;2H,1H3. The minimum absolute atomic E-state index is 0.0143. The molecule has 1 aromatic heterocycles. The molecule has 1 N–H and O–H groups in total. The quantitative estimate of drug-likeness (QED) is 0.332. The van der Waals surface area contributed by atoms with Crippen LogP contribution in [0.15, 0.2) is 6.08 Å². The SMILES string of the molecule is CCCC.CCOC(=O)c1c(C(C)C)nc2c(c1C1=CCOCC1)C(O)CC(C)(CC)C2.CS. The van der Waals surface area contributed by atoms with Crippen LogP contribution >= 0.6 is 12.6 Å². The van der Waals surface area contributed by atoms with Gasteiger partial charge in [-0.3, -0.25) is 4.98 Å². The number of carbonyl (C=O) groups excluding carboxylic acids is 1. The Morgan fingerprint density at radius 1 is 1.26 bits per heavy atom. The molecule has 1 aliphatic heterocycles. The third-order valence-electron chi connectivity index (χ3n) is 6.62. The smallest absolute Gasteiger partial charge is 0.340 e. The Morgan fingerprint density at radius 3 is 2.38 bits per heavy atom. The molecular formula is C28H47NO4S. The maximum Gasteiger partial charge on any atom is 0.340 e. The monoisotopic (exact) mass is 493 g/mol.